The van der Waals surface area contributed by atoms with Gasteiger partial charge in [-0.05, 0) is 30.4 Å². The van der Waals surface area contributed by atoms with E-state index in [4.69, 9.17) is 0 Å². The highest BCUT2D eigenvalue weighted by Crippen LogP contribution is 2.42. The minimum Gasteiger partial charge on any atom is -0.279 e. The predicted octanol–water partition coefficient (Wildman–Crippen LogP) is 2.45. The maximum atomic E-state index is 10.8. The molecule has 2 rings (SSSR count). The summed E-state index contributed by atoms with van der Waals surface area (Å²) < 4.78 is 0. The standard InChI is InChI=1S/C10H12N2O3/c1-15-11-9-5-4-8(7-2-3-7)6-10(9)12(13)14/h4-7,11H,2-3H2,1H3. The van der Waals surface area contributed by atoms with Crippen molar-refractivity contribution in [3.63, 3.8) is 0 Å². The number of hydrogen-bond acceptors (Lipinski definition) is 4. The van der Waals surface area contributed by atoms with Crippen molar-refractivity contribution in [3.8, 4) is 0 Å². The fourth-order valence-electron chi connectivity index (χ4n) is 1.57. The number of nitro benzene ring substituents is 1. The van der Waals surface area contributed by atoms with Gasteiger partial charge in [0.15, 0.2) is 0 Å². The Morgan fingerprint density at radius 1 is 1.53 bits per heavy atom. The topological polar surface area (TPSA) is 64.4 Å². The van der Waals surface area contributed by atoms with Crippen LogP contribution in [0.15, 0.2) is 18.2 Å². The third-order valence-electron chi connectivity index (χ3n) is 2.48. The Labute approximate surface area is 87.2 Å². The predicted molar refractivity (Wildman–Crippen MR) is 55.7 cm³/mol. The maximum Gasteiger partial charge on any atom is 0.294 e. The van der Waals surface area contributed by atoms with Crippen LogP contribution >= 0.6 is 0 Å². The van der Waals surface area contributed by atoms with Crippen LogP contribution in [-0.4, -0.2) is 12.0 Å². The van der Waals surface area contributed by atoms with Crippen molar-refractivity contribution < 1.29 is 9.76 Å². The summed E-state index contributed by atoms with van der Waals surface area (Å²) in [6, 6.07) is 5.22. The zero-order chi connectivity index (χ0) is 10.8. The van der Waals surface area contributed by atoms with Crippen LogP contribution in [-0.2, 0) is 4.84 Å². The molecule has 0 heterocycles. The van der Waals surface area contributed by atoms with Crippen LogP contribution in [0, 0.1) is 10.1 Å². The molecule has 0 bridgehead atoms. The van der Waals surface area contributed by atoms with Gasteiger partial charge in [0.25, 0.3) is 5.69 Å². The Hall–Kier alpha value is -1.62. The smallest absolute Gasteiger partial charge is 0.279 e. The summed E-state index contributed by atoms with van der Waals surface area (Å²) in [5.74, 6) is 0.514. The largest absolute Gasteiger partial charge is 0.294 e. The van der Waals surface area contributed by atoms with Crippen LogP contribution in [0.25, 0.3) is 0 Å². The molecule has 1 fully saturated rings. The Bertz CT molecular complexity index is 388. The van der Waals surface area contributed by atoms with Crippen LogP contribution in [0.3, 0.4) is 0 Å². The third kappa shape index (κ3) is 2.07. The number of benzene rings is 1. The van der Waals surface area contributed by atoms with Gasteiger partial charge in [-0.25, -0.2) is 0 Å². The monoisotopic (exact) mass is 208 g/mol. The molecular formula is C10H12N2O3. The molecule has 5 heteroatoms. The molecule has 80 valence electrons. The second-order valence-corrected chi connectivity index (χ2v) is 3.61. The molecule has 0 unspecified atom stereocenters. The summed E-state index contributed by atoms with van der Waals surface area (Å²) in [5.41, 5.74) is 4.01. The first-order valence-electron chi connectivity index (χ1n) is 4.79. The van der Waals surface area contributed by atoms with E-state index in [-0.39, 0.29) is 5.69 Å². The average Bonchev–Trinajstić information content (AvgIpc) is 3.02. The summed E-state index contributed by atoms with van der Waals surface area (Å²) >= 11 is 0. The van der Waals surface area contributed by atoms with Gasteiger partial charge in [-0.1, -0.05) is 6.07 Å². The molecular weight excluding hydrogens is 196 g/mol. The molecule has 0 radical (unpaired) electrons. The molecule has 0 spiro atoms. The number of rotatable bonds is 4. The molecule has 0 atom stereocenters. The van der Waals surface area contributed by atoms with Gasteiger partial charge in [-0.2, -0.15) is 0 Å². The van der Waals surface area contributed by atoms with Crippen molar-refractivity contribution in [2.75, 3.05) is 12.6 Å². The summed E-state index contributed by atoms with van der Waals surface area (Å²) in [7, 11) is 1.43. The lowest BCUT2D eigenvalue weighted by Crippen LogP contribution is -2.01. The first kappa shape index (κ1) is 9.92. The molecule has 1 aromatic rings. The quantitative estimate of drug-likeness (QED) is 0.609. The van der Waals surface area contributed by atoms with E-state index >= 15 is 0 Å². The van der Waals surface area contributed by atoms with E-state index in [0.29, 0.717) is 11.6 Å². The van der Waals surface area contributed by atoms with E-state index < -0.39 is 4.92 Å². The average molecular weight is 208 g/mol. The summed E-state index contributed by atoms with van der Waals surface area (Å²) in [6.07, 6.45) is 2.27. The van der Waals surface area contributed by atoms with E-state index in [1.165, 1.54) is 7.11 Å². The molecule has 1 aliphatic rings. The van der Waals surface area contributed by atoms with Gasteiger partial charge in [0.2, 0.25) is 0 Å². The van der Waals surface area contributed by atoms with E-state index in [2.05, 4.69) is 10.3 Å². The fourth-order valence-corrected chi connectivity index (χ4v) is 1.57. The third-order valence-corrected chi connectivity index (χ3v) is 2.48. The highest BCUT2D eigenvalue weighted by Gasteiger charge is 2.26. The minimum atomic E-state index is -0.396. The maximum absolute atomic E-state index is 10.8. The first-order valence-corrected chi connectivity index (χ1v) is 4.79. The lowest BCUT2D eigenvalue weighted by atomic mass is 10.1. The lowest BCUT2D eigenvalue weighted by molar-refractivity contribution is -0.384. The lowest BCUT2D eigenvalue weighted by Gasteiger charge is -2.05. The molecule has 1 aliphatic carbocycles. The molecule has 1 saturated carbocycles. The van der Waals surface area contributed by atoms with Crippen LogP contribution in [0.4, 0.5) is 11.4 Å². The van der Waals surface area contributed by atoms with Crippen molar-refractivity contribution in [1.82, 2.24) is 0 Å². The Morgan fingerprint density at radius 3 is 2.80 bits per heavy atom. The van der Waals surface area contributed by atoms with Gasteiger partial charge in [0.05, 0.1) is 12.0 Å². The first-order chi connectivity index (χ1) is 7.22. The molecule has 0 amide bonds. The Kier molecular flexibility index (Phi) is 2.55. The molecule has 1 N–H and O–H groups in total. The second-order valence-electron chi connectivity index (χ2n) is 3.61. The second kappa shape index (κ2) is 3.86. The van der Waals surface area contributed by atoms with Gasteiger partial charge in [-0.3, -0.25) is 20.4 Å². The minimum absolute atomic E-state index is 0.0706. The van der Waals surface area contributed by atoms with Gasteiger partial charge in [0.1, 0.15) is 5.69 Å². The van der Waals surface area contributed by atoms with Crippen molar-refractivity contribution >= 4 is 11.4 Å². The van der Waals surface area contributed by atoms with Gasteiger partial charge < -0.3 is 0 Å². The Balaban J connectivity index is 2.34. The highest BCUT2D eigenvalue weighted by molar-refractivity contribution is 5.62. The zero-order valence-electron chi connectivity index (χ0n) is 8.40. The summed E-state index contributed by atoms with van der Waals surface area (Å²) in [6.45, 7) is 0. The summed E-state index contributed by atoms with van der Waals surface area (Å²) in [4.78, 5) is 15.1. The summed E-state index contributed by atoms with van der Waals surface area (Å²) in [5, 5.41) is 10.8. The van der Waals surface area contributed by atoms with Crippen LogP contribution in [0.1, 0.15) is 24.3 Å². The van der Waals surface area contributed by atoms with E-state index in [1.807, 2.05) is 6.07 Å². The van der Waals surface area contributed by atoms with Crippen LogP contribution in [0.2, 0.25) is 0 Å². The van der Waals surface area contributed by atoms with Crippen molar-refractivity contribution in [3.05, 3.63) is 33.9 Å². The molecule has 15 heavy (non-hydrogen) atoms. The highest BCUT2D eigenvalue weighted by atomic mass is 16.6. The number of nitro groups is 1. The number of nitrogens with one attached hydrogen (secondary N) is 1. The number of nitrogens with zero attached hydrogens (tertiary/aromatic N) is 1. The number of hydrogen-bond donors (Lipinski definition) is 1. The normalized spacial score (nSPS) is 15.0. The van der Waals surface area contributed by atoms with Gasteiger partial charge in [-0.15, -0.1) is 0 Å². The van der Waals surface area contributed by atoms with Gasteiger partial charge in [0, 0.05) is 6.07 Å². The molecule has 0 aliphatic heterocycles. The van der Waals surface area contributed by atoms with E-state index in [1.54, 1.807) is 12.1 Å². The number of anilines is 1. The SMILES string of the molecule is CONc1ccc(C2CC2)cc1[N+](=O)[O-]. The van der Waals surface area contributed by atoms with Crippen molar-refractivity contribution in [2.24, 2.45) is 0 Å². The molecule has 0 saturated heterocycles. The van der Waals surface area contributed by atoms with E-state index in [0.717, 1.165) is 18.4 Å². The van der Waals surface area contributed by atoms with Crippen LogP contribution in [0.5, 0.6) is 0 Å². The Morgan fingerprint density at radius 2 is 2.27 bits per heavy atom. The molecule has 0 aromatic heterocycles. The molecule has 5 nitrogen and oxygen atoms in total. The van der Waals surface area contributed by atoms with Gasteiger partial charge >= 0.3 is 0 Å². The van der Waals surface area contributed by atoms with Crippen molar-refractivity contribution in [1.29, 1.82) is 0 Å². The fraction of sp³-hybridized carbons (Fsp3) is 0.400. The zero-order valence-corrected chi connectivity index (χ0v) is 8.40. The van der Waals surface area contributed by atoms with Crippen molar-refractivity contribution in [2.45, 2.75) is 18.8 Å². The van der Waals surface area contributed by atoms with Crippen LogP contribution < -0.4 is 5.48 Å². The van der Waals surface area contributed by atoms with E-state index in [9.17, 15) is 10.1 Å². The molecule has 1 aromatic carbocycles.